The SMILES string of the molecule is CCCCN/C(C)=C/C(=N/C(C)=C(\F)C=NC)c1ccccc1C. The zero-order chi connectivity index (χ0) is 17.9. The highest BCUT2D eigenvalue weighted by molar-refractivity contribution is 6.10. The van der Waals surface area contributed by atoms with Gasteiger partial charge in [-0.25, -0.2) is 9.38 Å². The smallest absolute Gasteiger partial charge is 0.162 e. The Bertz CT molecular complexity index is 655. The highest BCUT2D eigenvalue weighted by Crippen LogP contribution is 2.14. The second-order valence-corrected chi connectivity index (χ2v) is 5.74. The quantitative estimate of drug-likeness (QED) is 0.530. The monoisotopic (exact) mass is 329 g/mol. The van der Waals surface area contributed by atoms with Gasteiger partial charge >= 0.3 is 0 Å². The fraction of sp³-hybridized carbons (Fsp3) is 0.400. The third kappa shape index (κ3) is 6.49. The number of hydrogen-bond acceptors (Lipinski definition) is 3. The van der Waals surface area contributed by atoms with E-state index in [1.54, 1.807) is 14.0 Å². The second kappa shape index (κ2) is 10.5. The van der Waals surface area contributed by atoms with Gasteiger partial charge in [0, 0.05) is 24.9 Å². The summed E-state index contributed by atoms with van der Waals surface area (Å²) in [6.45, 7) is 8.77. The first-order valence-electron chi connectivity index (χ1n) is 8.35. The van der Waals surface area contributed by atoms with E-state index in [0.29, 0.717) is 5.70 Å². The molecule has 1 aromatic rings. The van der Waals surface area contributed by atoms with Crippen LogP contribution in [0.2, 0.25) is 0 Å². The standard InChI is InChI=1S/C20H28FN3/c1-6-7-12-23-16(3)13-20(18-11-9-8-10-15(18)2)24-17(4)19(21)14-22-5/h8-11,13-14,23H,6-7,12H2,1-5H3/b16-13+,19-17-,22-14?,24-20-. The van der Waals surface area contributed by atoms with Gasteiger partial charge in [-0.05, 0) is 38.8 Å². The second-order valence-electron chi connectivity index (χ2n) is 5.74. The maximum atomic E-state index is 13.9. The molecule has 0 unspecified atom stereocenters. The van der Waals surface area contributed by atoms with Crippen molar-refractivity contribution in [2.45, 2.75) is 40.5 Å². The number of rotatable bonds is 8. The van der Waals surface area contributed by atoms with Gasteiger partial charge in [-0.3, -0.25) is 4.99 Å². The number of allylic oxidation sites excluding steroid dienone is 4. The van der Waals surface area contributed by atoms with Crippen molar-refractivity contribution < 1.29 is 4.39 Å². The summed E-state index contributed by atoms with van der Waals surface area (Å²) in [6, 6.07) is 7.98. The lowest BCUT2D eigenvalue weighted by atomic mass is 10.0. The minimum absolute atomic E-state index is 0.316. The van der Waals surface area contributed by atoms with E-state index in [1.807, 2.05) is 44.2 Å². The van der Waals surface area contributed by atoms with Crippen LogP contribution >= 0.6 is 0 Å². The van der Waals surface area contributed by atoms with Crippen molar-refractivity contribution in [2.75, 3.05) is 13.6 Å². The van der Waals surface area contributed by atoms with Crippen LogP contribution in [0, 0.1) is 6.92 Å². The van der Waals surface area contributed by atoms with Crippen molar-refractivity contribution in [2.24, 2.45) is 9.98 Å². The van der Waals surface area contributed by atoms with Gasteiger partial charge in [-0.1, -0.05) is 37.6 Å². The molecule has 24 heavy (non-hydrogen) atoms. The van der Waals surface area contributed by atoms with Crippen molar-refractivity contribution in [1.29, 1.82) is 0 Å². The molecule has 0 aliphatic rings. The molecule has 130 valence electrons. The van der Waals surface area contributed by atoms with Gasteiger partial charge in [0.05, 0.1) is 17.6 Å². The Labute approximate surface area is 145 Å². The third-order valence-electron chi connectivity index (χ3n) is 3.58. The Morgan fingerprint density at radius 1 is 1.25 bits per heavy atom. The van der Waals surface area contributed by atoms with E-state index in [1.165, 1.54) is 6.21 Å². The van der Waals surface area contributed by atoms with Crippen molar-refractivity contribution in [3.63, 3.8) is 0 Å². The highest BCUT2D eigenvalue weighted by Gasteiger charge is 2.07. The molecule has 0 radical (unpaired) electrons. The molecule has 0 bridgehead atoms. The van der Waals surface area contributed by atoms with E-state index in [9.17, 15) is 4.39 Å². The van der Waals surface area contributed by atoms with E-state index in [-0.39, 0.29) is 0 Å². The molecule has 1 rings (SSSR count). The Kier molecular flexibility index (Phi) is 8.69. The summed E-state index contributed by atoms with van der Waals surface area (Å²) in [5.41, 5.74) is 4.17. The minimum Gasteiger partial charge on any atom is -0.389 e. The molecule has 0 heterocycles. The molecule has 0 amide bonds. The average molecular weight is 329 g/mol. The van der Waals surface area contributed by atoms with Crippen LogP contribution in [-0.2, 0) is 0 Å². The summed E-state index contributed by atoms with van der Waals surface area (Å²) in [5, 5.41) is 3.37. The lowest BCUT2D eigenvalue weighted by molar-refractivity contribution is 0.672. The van der Waals surface area contributed by atoms with Crippen LogP contribution in [0.4, 0.5) is 4.39 Å². The first-order chi connectivity index (χ1) is 11.5. The number of nitrogens with zero attached hydrogens (tertiary/aromatic N) is 2. The largest absolute Gasteiger partial charge is 0.389 e. The Balaban J connectivity index is 3.25. The molecular formula is C20H28FN3. The van der Waals surface area contributed by atoms with Crippen molar-refractivity contribution in [1.82, 2.24) is 5.32 Å². The predicted molar refractivity (Wildman–Crippen MR) is 103 cm³/mol. The molecule has 0 saturated heterocycles. The number of unbranched alkanes of at least 4 members (excludes halogenated alkanes) is 1. The number of halogens is 1. The number of nitrogens with one attached hydrogen (secondary N) is 1. The average Bonchev–Trinajstić information content (AvgIpc) is 2.55. The summed E-state index contributed by atoms with van der Waals surface area (Å²) < 4.78 is 13.9. The lowest BCUT2D eigenvalue weighted by Crippen LogP contribution is -2.14. The van der Waals surface area contributed by atoms with Crippen LogP contribution in [-0.4, -0.2) is 25.5 Å². The van der Waals surface area contributed by atoms with E-state index < -0.39 is 5.83 Å². The maximum Gasteiger partial charge on any atom is 0.162 e. The highest BCUT2D eigenvalue weighted by atomic mass is 19.1. The summed E-state index contributed by atoms with van der Waals surface area (Å²) in [5.74, 6) is -0.423. The van der Waals surface area contributed by atoms with Crippen LogP contribution in [0.1, 0.15) is 44.7 Å². The zero-order valence-corrected chi connectivity index (χ0v) is 15.4. The maximum absolute atomic E-state index is 13.9. The molecule has 0 aliphatic carbocycles. The van der Waals surface area contributed by atoms with Gasteiger partial charge in [0.1, 0.15) is 0 Å². The molecule has 0 spiro atoms. The fourth-order valence-corrected chi connectivity index (χ4v) is 2.19. The topological polar surface area (TPSA) is 36.8 Å². The van der Waals surface area contributed by atoms with Crippen LogP contribution in [0.25, 0.3) is 0 Å². The minimum atomic E-state index is -0.423. The molecule has 1 aromatic carbocycles. The van der Waals surface area contributed by atoms with Crippen LogP contribution in [0.3, 0.4) is 0 Å². The zero-order valence-electron chi connectivity index (χ0n) is 15.4. The van der Waals surface area contributed by atoms with Crippen LogP contribution in [0.5, 0.6) is 0 Å². The molecule has 0 fully saturated rings. The van der Waals surface area contributed by atoms with Gasteiger partial charge < -0.3 is 5.32 Å². The Morgan fingerprint density at radius 2 is 1.96 bits per heavy atom. The number of aryl methyl sites for hydroxylation is 1. The molecule has 0 aliphatic heterocycles. The van der Waals surface area contributed by atoms with E-state index in [2.05, 4.69) is 22.2 Å². The Hall–Kier alpha value is -2.23. The predicted octanol–water partition coefficient (Wildman–Crippen LogP) is 4.98. The Morgan fingerprint density at radius 3 is 2.58 bits per heavy atom. The first-order valence-corrected chi connectivity index (χ1v) is 8.35. The van der Waals surface area contributed by atoms with E-state index in [0.717, 1.165) is 41.9 Å². The van der Waals surface area contributed by atoms with Crippen LogP contribution < -0.4 is 5.32 Å². The number of hydrogen-bond donors (Lipinski definition) is 1. The lowest BCUT2D eigenvalue weighted by Gasteiger charge is -2.10. The molecule has 0 saturated carbocycles. The number of benzene rings is 1. The normalized spacial score (nSPS) is 14.1. The molecular weight excluding hydrogens is 301 g/mol. The summed E-state index contributed by atoms with van der Waals surface area (Å²) in [6.07, 6.45) is 5.41. The molecule has 3 nitrogen and oxygen atoms in total. The molecule has 0 atom stereocenters. The van der Waals surface area contributed by atoms with E-state index in [4.69, 9.17) is 0 Å². The van der Waals surface area contributed by atoms with Gasteiger partial charge in [-0.2, -0.15) is 0 Å². The van der Waals surface area contributed by atoms with E-state index >= 15 is 0 Å². The van der Waals surface area contributed by atoms with Crippen LogP contribution in [0.15, 0.2) is 57.5 Å². The van der Waals surface area contributed by atoms with Gasteiger partial charge in [0.2, 0.25) is 0 Å². The molecule has 1 N–H and O–H groups in total. The fourth-order valence-electron chi connectivity index (χ4n) is 2.19. The first kappa shape index (κ1) is 19.8. The third-order valence-corrected chi connectivity index (χ3v) is 3.58. The van der Waals surface area contributed by atoms with Gasteiger partial charge in [0.25, 0.3) is 0 Å². The molecule has 4 heteroatoms. The van der Waals surface area contributed by atoms with Crippen molar-refractivity contribution >= 4 is 11.9 Å². The van der Waals surface area contributed by atoms with Crippen molar-refractivity contribution in [3.05, 3.63) is 58.7 Å². The summed E-state index contributed by atoms with van der Waals surface area (Å²) >= 11 is 0. The number of aliphatic imine (C=N–C) groups is 2. The summed E-state index contributed by atoms with van der Waals surface area (Å²) in [7, 11) is 1.54. The van der Waals surface area contributed by atoms with Gasteiger partial charge in [0.15, 0.2) is 5.83 Å². The molecule has 0 aromatic heterocycles. The van der Waals surface area contributed by atoms with Crippen molar-refractivity contribution in [3.8, 4) is 0 Å². The van der Waals surface area contributed by atoms with Gasteiger partial charge in [-0.15, -0.1) is 0 Å². The summed E-state index contributed by atoms with van der Waals surface area (Å²) in [4.78, 5) is 8.22.